The molecule has 26 heavy (non-hydrogen) atoms. The maximum absolute atomic E-state index is 12.8. The first-order valence-corrected chi connectivity index (χ1v) is 10.5. The van der Waals surface area contributed by atoms with Gasteiger partial charge in [-0.05, 0) is 32.4 Å². The number of hydrogen-bond acceptors (Lipinski definition) is 6. The number of nitrogens with two attached hydrogens (primary N) is 1. The Kier molecular flexibility index (Phi) is 8.97. The number of hydrogen-bond donors (Lipinski definition) is 3. The normalized spacial score (nSPS) is 17.5. The quantitative estimate of drug-likeness (QED) is 0.589. The lowest BCUT2D eigenvalue weighted by atomic mass is 10.0. The second-order valence-electron chi connectivity index (χ2n) is 5.85. The molecule has 1 fully saturated rings. The van der Waals surface area contributed by atoms with Crippen LogP contribution in [0.2, 0.25) is 0 Å². The number of nitrogens with one attached hydrogen (secondary N) is 2. The Morgan fingerprint density at radius 2 is 2.12 bits per heavy atom. The zero-order valence-corrected chi connectivity index (χ0v) is 17.0. The third-order valence-corrected chi connectivity index (χ3v) is 6.62. The van der Waals surface area contributed by atoms with Crippen molar-refractivity contribution < 1.29 is 18.0 Å². The fourth-order valence-corrected chi connectivity index (χ4v) is 4.72. The largest absolute Gasteiger partial charge is 0.354 e. The number of piperidine rings is 1. The number of halogens is 1. The van der Waals surface area contributed by atoms with Gasteiger partial charge in [0.25, 0.3) is 5.91 Å². The number of likely N-dealkylation sites (tertiary alicyclic amines) is 1. The van der Waals surface area contributed by atoms with Crippen molar-refractivity contribution in [2.75, 3.05) is 26.7 Å². The highest BCUT2D eigenvalue weighted by Crippen LogP contribution is 2.24. The zero-order chi connectivity index (χ0) is 18.4. The third-order valence-electron chi connectivity index (χ3n) is 4.16. The van der Waals surface area contributed by atoms with Gasteiger partial charge in [0.15, 0.2) is 0 Å². The summed E-state index contributed by atoms with van der Waals surface area (Å²) in [5, 5.41) is 4.27. The highest BCUT2D eigenvalue weighted by molar-refractivity contribution is 7.89. The van der Waals surface area contributed by atoms with E-state index in [4.69, 9.17) is 5.73 Å². The van der Waals surface area contributed by atoms with Crippen LogP contribution >= 0.6 is 23.7 Å². The van der Waals surface area contributed by atoms with Gasteiger partial charge in [-0.3, -0.25) is 9.59 Å². The topological polar surface area (TPSA) is 122 Å². The van der Waals surface area contributed by atoms with Crippen LogP contribution in [0.5, 0.6) is 0 Å². The van der Waals surface area contributed by atoms with E-state index in [2.05, 4.69) is 10.0 Å². The summed E-state index contributed by atoms with van der Waals surface area (Å²) in [5.74, 6) is -0.320. The second kappa shape index (κ2) is 10.2. The van der Waals surface area contributed by atoms with E-state index in [1.807, 2.05) is 0 Å². The molecular weight excluding hydrogens is 400 g/mol. The zero-order valence-electron chi connectivity index (χ0n) is 14.6. The number of carbonyl (C=O) groups excluding carboxylic acids is 2. The summed E-state index contributed by atoms with van der Waals surface area (Å²) in [6.45, 7) is 1.27. The Labute approximate surface area is 164 Å². The number of carbonyl (C=O) groups is 2. The number of rotatable bonds is 7. The molecule has 1 saturated heterocycles. The van der Waals surface area contributed by atoms with Crippen LogP contribution in [0, 0.1) is 0 Å². The molecule has 0 bridgehead atoms. The van der Waals surface area contributed by atoms with Gasteiger partial charge in [-0.25, -0.2) is 13.1 Å². The molecule has 1 aliphatic heterocycles. The minimum Gasteiger partial charge on any atom is -0.354 e. The SMILES string of the molecule is CNS(=O)(=O)c1csc(C(=O)N2CCCCC2CNC(=O)CCN)c1.Cl. The molecule has 148 valence electrons. The molecule has 2 amide bonds. The van der Waals surface area contributed by atoms with Crippen molar-refractivity contribution in [1.29, 1.82) is 0 Å². The van der Waals surface area contributed by atoms with E-state index in [-0.39, 0.29) is 48.1 Å². The van der Waals surface area contributed by atoms with Crippen molar-refractivity contribution in [2.24, 2.45) is 5.73 Å². The first-order valence-electron chi connectivity index (χ1n) is 8.19. The van der Waals surface area contributed by atoms with Gasteiger partial charge in [-0.1, -0.05) is 0 Å². The van der Waals surface area contributed by atoms with Crippen LogP contribution in [0.15, 0.2) is 16.3 Å². The van der Waals surface area contributed by atoms with E-state index in [9.17, 15) is 18.0 Å². The van der Waals surface area contributed by atoms with E-state index in [0.717, 1.165) is 30.6 Å². The summed E-state index contributed by atoms with van der Waals surface area (Å²) >= 11 is 1.11. The van der Waals surface area contributed by atoms with E-state index in [1.165, 1.54) is 18.5 Å². The van der Waals surface area contributed by atoms with Crippen molar-refractivity contribution in [1.82, 2.24) is 14.9 Å². The Morgan fingerprint density at radius 3 is 2.77 bits per heavy atom. The molecule has 0 saturated carbocycles. The molecule has 0 aliphatic carbocycles. The minimum atomic E-state index is -3.56. The molecule has 11 heteroatoms. The van der Waals surface area contributed by atoms with Gasteiger partial charge in [0.2, 0.25) is 15.9 Å². The van der Waals surface area contributed by atoms with Crippen LogP contribution in [0.25, 0.3) is 0 Å². The van der Waals surface area contributed by atoms with Gasteiger partial charge in [0, 0.05) is 37.5 Å². The number of sulfonamides is 1. The summed E-state index contributed by atoms with van der Waals surface area (Å²) in [5.41, 5.74) is 5.36. The van der Waals surface area contributed by atoms with E-state index < -0.39 is 10.0 Å². The maximum atomic E-state index is 12.8. The summed E-state index contributed by atoms with van der Waals surface area (Å²) < 4.78 is 25.9. The highest BCUT2D eigenvalue weighted by Gasteiger charge is 2.29. The van der Waals surface area contributed by atoms with Crippen molar-refractivity contribution in [3.8, 4) is 0 Å². The van der Waals surface area contributed by atoms with Gasteiger partial charge in [-0.2, -0.15) is 0 Å². The number of amides is 2. The molecule has 8 nitrogen and oxygen atoms in total. The molecule has 2 heterocycles. The average Bonchev–Trinajstić information content (AvgIpc) is 3.11. The van der Waals surface area contributed by atoms with Crippen LogP contribution in [-0.2, 0) is 14.8 Å². The van der Waals surface area contributed by atoms with E-state index in [1.54, 1.807) is 4.90 Å². The summed E-state index contributed by atoms with van der Waals surface area (Å²) in [7, 11) is -2.23. The van der Waals surface area contributed by atoms with Crippen molar-refractivity contribution in [2.45, 2.75) is 36.6 Å². The Morgan fingerprint density at radius 1 is 1.38 bits per heavy atom. The lowest BCUT2D eigenvalue weighted by Gasteiger charge is -2.35. The van der Waals surface area contributed by atoms with Crippen molar-refractivity contribution >= 4 is 45.6 Å². The summed E-state index contributed by atoms with van der Waals surface area (Å²) in [4.78, 5) is 26.6. The minimum absolute atomic E-state index is 0. The lowest BCUT2D eigenvalue weighted by molar-refractivity contribution is -0.121. The lowest BCUT2D eigenvalue weighted by Crippen LogP contribution is -2.49. The summed E-state index contributed by atoms with van der Waals surface area (Å²) in [6, 6.07) is 1.31. The molecule has 1 aromatic heterocycles. The summed E-state index contributed by atoms with van der Waals surface area (Å²) in [6.07, 6.45) is 2.95. The fourth-order valence-electron chi connectivity index (χ4n) is 2.76. The molecule has 0 radical (unpaired) electrons. The molecule has 0 spiro atoms. The van der Waals surface area contributed by atoms with E-state index in [0.29, 0.717) is 18.0 Å². The van der Waals surface area contributed by atoms with Gasteiger partial charge < -0.3 is 16.0 Å². The van der Waals surface area contributed by atoms with Crippen LogP contribution < -0.4 is 15.8 Å². The fraction of sp³-hybridized carbons (Fsp3) is 0.600. The van der Waals surface area contributed by atoms with Crippen LogP contribution in [0.4, 0.5) is 0 Å². The maximum Gasteiger partial charge on any atom is 0.264 e. The molecule has 1 unspecified atom stereocenters. The van der Waals surface area contributed by atoms with E-state index >= 15 is 0 Å². The smallest absolute Gasteiger partial charge is 0.264 e. The molecule has 1 atom stereocenters. The monoisotopic (exact) mass is 424 g/mol. The van der Waals surface area contributed by atoms with Crippen LogP contribution in [0.1, 0.15) is 35.4 Å². The van der Waals surface area contributed by atoms with Gasteiger partial charge in [0.1, 0.15) is 0 Å². The first-order chi connectivity index (χ1) is 11.9. The van der Waals surface area contributed by atoms with Gasteiger partial charge in [-0.15, -0.1) is 23.7 Å². The average molecular weight is 425 g/mol. The van der Waals surface area contributed by atoms with Crippen LogP contribution in [0.3, 0.4) is 0 Å². The third kappa shape index (κ3) is 5.65. The Balaban J connectivity index is 0.00000338. The molecule has 2 rings (SSSR count). The van der Waals surface area contributed by atoms with Crippen molar-refractivity contribution in [3.05, 3.63) is 16.3 Å². The van der Waals surface area contributed by atoms with Gasteiger partial charge in [0.05, 0.1) is 9.77 Å². The molecule has 0 aromatic carbocycles. The predicted molar refractivity (Wildman–Crippen MR) is 103 cm³/mol. The molecular formula is C15H25ClN4O4S2. The Bertz CT molecular complexity index is 723. The molecule has 1 aromatic rings. The second-order valence-corrected chi connectivity index (χ2v) is 8.64. The number of thiophene rings is 1. The first kappa shape index (κ1) is 22.8. The number of nitrogens with zero attached hydrogens (tertiary/aromatic N) is 1. The van der Waals surface area contributed by atoms with Gasteiger partial charge >= 0.3 is 0 Å². The van der Waals surface area contributed by atoms with Crippen molar-refractivity contribution in [3.63, 3.8) is 0 Å². The molecule has 4 N–H and O–H groups in total. The molecule has 1 aliphatic rings. The highest BCUT2D eigenvalue weighted by atomic mass is 35.5. The van der Waals surface area contributed by atoms with Crippen LogP contribution in [-0.4, -0.2) is 57.9 Å². The Hall–Kier alpha value is -1.20. The standard InChI is InChI=1S/C15H24N4O4S2.ClH/c1-17-25(22,23)12-8-13(24-10-12)15(21)19-7-3-2-4-11(19)9-18-14(20)5-6-16;/h8,10-11,17H,2-7,9,16H2,1H3,(H,18,20);1H. The predicted octanol–water partition coefficient (Wildman–Crippen LogP) is 0.538.